The first kappa shape index (κ1) is 96.4. The van der Waals surface area contributed by atoms with Crippen molar-refractivity contribution in [1.82, 2.24) is 0 Å². The molecule has 0 spiro atoms. The second-order valence-corrected chi connectivity index (χ2v) is 27.7. The maximum atomic E-state index is 13.1. The van der Waals surface area contributed by atoms with Crippen LogP contribution in [0.2, 0.25) is 0 Å². The van der Waals surface area contributed by atoms with Crippen LogP contribution in [0.4, 0.5) is 0 Å². The molecule has 3 N–H and O–H groups in total. The van der Waals surface area contributed by atoms with E-state index in [1.165, 1.54) is 12.8 Å². The lowest BCUT2D eigenvalue weighted by Crippen LogP contribution is -2.30. The average Bonchev–Trinajstić information content (AvgIpc) is 0.926. The number of carbonyl (C=O) groups excluding carboxylic acids is 4. The molecule has 0 rings (SSSR count). The van der Waals surface area contributed by atoms with Crippen molar-refractivity contribution < 1.29 is 80.2 Å². The van der Waals surface area contributed by atoms with Crippen LogP contribution in [-0.2, 0) is 65.4 Å². The molecular weight excluding hydrogens is 1330 g/mol. The minimum absolute atomic E-state index is 0.0302. The molecule has 5 unspecified atom stereocenters. The van der Waals surface area contributed by atoms with E-state index in [4.69, 9.17) is 37.0 Å². The van der Waals surface area contributed by atoms with Crippen LogP contribution in [0.15, 0.2) is 170 Å². The number of aliphatic hydroxyl groups excluding tert-OH is 1. The third-order valence-corrected chi connectivity index (χ3v) is 17.1. The molecule has 102 heavy (non-hydrogen) atoms. The van der Waals surface area contributed by atoms with Gasteiger partial charge in [-0.3, -0.25) is 37.3 Å². The zero-order valence-corrected chi connectivity index (χ0v) is 64.8. The number of esters is 4. The van der Waals surface area contributed by atoms with E-state index in [2.05, 4.69) is 198 Å². The fourth-order valence-corrected chi connectivity index (χ4v) is 11.0. The predicted molar refractivity (Wildman–Crippen MR) is 417 cm³/mol. The first-order valence-electron chi connectivity index (χ1n) is 38.4. The van der Waals surface area contributed by atoms with Gasteiger partial charge in [-0.2, -0.15) is 0 Å². The second-order valence-electron chi connectivity index (χ2n) is 24.8. The Morgan fingerprint density at radius 2 is 0.510 bits per heavy atom. The Balaban J connectivity index is 5.43. The minimum atomic E-state index is -5.00. The number of aliphatic hydroxyl groups is 1. The number of ether oxygens (including phenoxy) is 4. The highest BCUT2D eigenvalue weighted by atomic mass is 31.2. The largest absolute Gasteiger partial charge is 0.472 e. The Kier molecular flexibility index (Phi) is 69.7. The highest BCUT2D eigenvalue weighted by Gasteiger charge is 2.30. The van der Waals surface area contributed by atoms with Crippen molar-refractivity contribution in [2.75, 3.05) is 39.6 Å². The smallest absolute Gasteiger partial charge is 0.462 e. The molecule has 19 heteroatoms. The zero-order chi connectivity index (χ0) is 74.6. The first-order valence-corrected chi connectivity index (χ1v) is 41.4. The minimum Gasteiger partial charge on any atom is -0.462 e. The van der Waals surface area contributed by atoms with Gasteiger partial charge in [0, 0.05) is 25.7 Å². The molecule has 0 aliphatic heterocycles. The van der Waals surface area contributed by atoms with Gasteiger partial charge in [0.2, 0.25) is 0 Å². The molecule has 0 bridgehead atoms. The summed E-state index contributed by atoms with van der Waals surface area (Å²) < 4.78 is 68.4. The van der Waals surface area contributed by atoms with Gasteiger partial charge in [0.25, 0.3) is 0 Å². The number of carbonyl (C=O) groups is 4. The van der Waals surface area contributed by atoms with E-state index in [0.717, 1.165) is 173 Å². The highest BCUT2D eigenvalue weighted by molar-refractivity contribution is 7.47. The van der Waals surface area contributed by atoms with Crippen molar-refractivity contribution in [3.05, 3.63) is 170 Å². The van der Waals surface area contributed by atoms with Crippen molar-refractivity contribution in [3.63, 3.8) is 0 Å². The Morgan fingerprint density at radius 1 is 0.284 bits per heavy atom. The number of rotatable bonds is 70. The Labute approximate surface area is 616 Å². The summed E-state index contributed by atoms with van der Waals surface area (Å²) in [6.45, 7) is 4.33. The monoisotopic (exact) mass is 1460 g/mol. The summed E-state index contributed by atoms with van der Waals surface area (Å²) in [5, 5.41) is 10.6. The Hall–Kier alpha value is -5.58. The lowest BCUT2D eigenvalue weighted by molar-refractivity contribution is -0.161. The van der Waals surface area contributed by atoms with Gasteiger partial charge in [-0.1, -0.05) is 249 Å². The second kappa shape index (κ2) is 73.7. The number of allylic oxidation sites excluding steroid dienone is 28. The van der Waals surface area contributed by atoms with Gasteiger partial charge in [0.1, 0.15) is 19.3 Å². The van der Waals surface area contributed by atoms with Crippen LogP contribution >= 0.6 is 15.6 Å². The Bertz CT molecular complexity index is 2600. The highest BCUT2D eigenvalue weighted by Crippen LogP contribution is 2.45. The third kappa shape index (κ3) is 72.8. The average molecular weight is 1470 g/mol. The normalized spacial score (nSPS) is 14.9. The van der Waals surface area contributed by atoms with Gasteiger partial charge in [-0.25, -0.2) is 9.13 Å². The van der Waals surface area contributed by atoms with Gasteiger partial charge in [-0.15, -0.1) is 0 Å². The number of phosphoric ester groups is 2. The molecule has 578 valence electrons. The van der Waals surface area contributed by atoms with Gasteiger partial charge in [-0.05, 0) is 167 Å². The van der Waals surface area contributed by atoms with E-state index in [9.17, 15) is 43.2 Å². The summed E-state index contributed by atoms with van der Waals surface area (Å²) in [5.74, 6) is -2.31. The Morgan fingerprint density at radius 3 is 0.824 bits per heavy atom. The summed E-state index contributed by atoms with van der Waals surface area (Å²) >= 11 is 0. The van der Waals surface area contributed by atoms with Crippen LogP contribution in [0.1, 0.15) is 272 Å². The van der Waals surface area contributed by atoms with E-state index >= 15 is 0 Å². The van der Waals surface area contributed by atoms with Crippen LogP contribution in [0.25, 0.3) is 0 Å². The molecule has 0 fully saturated rings. The predicted octanol–water partition coefficient (Wildman–Crippen LogP) is 22.2. The van der Waals surface area contributed by atoms with Crippen molar-refractivity contribution in [2.24, 2.45) is 0 Å². The molecular formula is C83H134O17P2. The summed E-state index contributed by atoms with van der Waals surface area (Å²) in [6.07, 6.45) is 86.4. The molecule has 0 aromatic rings. The molecule has 5 atom stereocenters. The number of hydrogen-bond donors (Lipinski definition) is 3. The molecule has 0 amide bonds. The molecule has 0 saturated carbocycles. The van der Waals surface area contributed by atoms with E-state index in [0.29, 0.717) is 32.1 Å². The quantitative estimate of drug-likeness (QED) is 0.0169. The van der Waals surface area contributed by atoms with E-state index < -0.39 is 97.5 Å². The van der Waals surface area contributed by atoms with Crippen LogP contribution in [0.3, 0.4) is 0 Å². The fraction of sp³-hybridized carbons (Fsp3) is 0.614. The molecule has 0 heterocycles. The molecule has 0 aromatic carbocycles. The zero-order valence-electron chi connectivity index (χ0n) is 63.0. The van der Waals surface area contributed by atoms with Crippen molar-refractivity contribution in [2.45, 2.75) is 290 Å². The standard InChI is InChI=1S/C83H134O17P2/c1-5-9-13-17-21-25-29-32-35-37-38-40-43-45-49-52-56-60-64-68-80(85)93-73-78(99-82(87)69-65-61-57-53-47-28-24-20-16-12-8-4)75-97-101(89,90)95-71-77(84)72-96-102(91,92)98-76-79(100-83(88)70-66-62-58-54-50-46-41-34-31-27-23-19-15-11-7-3)74-94-81(86)67-63-59-55-51-48-44-42-39-36-33-30-26-22-18-14-10-6-2/h9-11,13-15,20-27,32-36,38,40-42,44-45,49-50,54,77-79,84H,5-8,12,16-19,28-31,37,39,43,46-48,51-53,55-76H2,1-4H3,(H,89,90)(H,91,92)/b13-9-,14-10-,15-11-,24-20-,25-21-,26-22-,27-23-,35-32-,36-33-,40-38-,41-34-,44-42-,49-45-,54-50-. The van der Waals surface area contributed by atoms with E-state index in [1.54, 1.807) is 0 Å². The van der Waals surface area contributed by atoms with Crippen LogP contribution in [-0.4, -0.2) is 96.7 Å². The summed E-state index contributed by atoms with van der Waals surface area (Å²) in [6, 6.07) is 0. The lowest BCUT2D eigenvalue weighted by Gasteiger charge is -2.21. The lowest BCUT2D eigenvalue weighted by atomic mass is 10.1. The maximum Gasteiger partial charge on any atom is 0.472 e. The fourth-order valence-electron chi connectivity index (χ4n) is 9.38. The molecule has 0 radical (unpaired) electrons. The topological polar surface area (TPSA) is 237 Å². The summed E-state index contributed by atoms with van der Waals surface area (Å²) in [4.78, 5) is 72.9. The van der Waals surface area contributed by atoms with Crippen LogP contribution < -0.4 is 0 Å². The summed E-state index contributed by atoms with van der Waals surface area (Å²) in [5.41, 5.74) is 0. The van der Waals surface area contributed by atoms with Crippen LogP contribution in [0, 0.1) is 0 Å². The summed E-state index contributed by atoms with van der Waals surface area (Å²) in [7, 11) is -10.00. The van der Waals surface area contributed by atoms with E-state index in [1.807, 2.05) is 0 Å². The molecule has 17 nitrogen and oxygen atoms in total. The SMILES string of the molecule is CC/C=C\C/C=C\C/C=C\C/C=C\C/C=C\CCCCCC(=O)OCC(COP(=O)(O)OCC(O)COP(=O)(O)OCC(COC(=O)CCCCCC/C=C\C/C=C\C/C=C\C/C=C\CC)OC(=O)CCCC/C=C\C/C=C\C/C=C\C/C=C\CC)OC(=O)CCCCCCC/C=C\CCCC. The number of hydrogen-bond acceptors (Lipinski definition) is 15. The molecule has 0 aromatic heterocycles. The number of unbranched alkanes of at least 4 members (excludes halogenated alkanes) is 16. The maximum absolute atomic E-state index is 13.1. The van der Waals surface area contributed by atoms with Crippen molar-refractivity contribution >= 4 is 39.5 Å². The van der Waals surface area contributed by atoms with Crippen LogP contribution in [0.5, 0.6) is 0 Å². The van der Waals surface area contributed by atoms with Crippen molar-refractivity contribution in [1.29, 1.82) is 0 Å². The van der Waals surface area contributed by atoms with Gasteiger partial charge in [0.05, 0.1) is 26.4 Å². The molecule has 0 saturated heterocycles. The van der Waals surface area contributed by atoms with Gasteiger partial charge < -0.3 is 33.8 Å². The first-order chi connectivity index (χ1) is 49.7. The van der Waals surface area contributed by atoms with E-state index in [-0.39, 0.29) is 25.7 Å². The van der Waals surface area contributed by atoms with Crippen molar-refractivity contribution in [3.8, 4) is 0 Å². The molecule has 0 aliphatic rings. The molecule has 0 aliphatic carbocycles. The third-order valence-electron chi connectivity index (χ3n) is 15.2. The van der Waals surface area contributed by atoms with Gasteiger partial charge in [0.15, 0.2) is 12.2 Å². The van der Waals surface area contributed by atoms with Gasteiger partial charge >= 0.3 is 39.5 Å². The number of phosphoric acid groups is 2.